The van der Waals surface area contributed by atoms with E-state index in [1.54, 1.807) is 6.92 Å². The summed E-state index contributed by atoms with van der Waals surface area (Å²) in [5.74, 6) is -2.09. The van der Waals surface area contributed by atoms with Crippen LogP contribution in [0.4, 0.5) is 8.78 Å². The maximum atomic E-state index is 13.0. The van der Waals surface area contributed by atoms with E-state index in [0.29, 0.717) is 5.56 Å². The van der Waals surface area contributed by atoms with Crippen molar-refractivity contribution in [3.8, 4) is 0 Å². The first-order valence-electron chi connectivity index (χ1n) is 4.94. The summed E-state index contributed by atoms with van der Waals surface area (Å²) in [5.41, 5.74) is 0.499. The molecule has 3 nitrogen and oxygen atoms in total. The number of morpholine rings is 1. The van der Waals surface area contributed by atoms with Crippen LogP contribution in [0.1, 0.15) is 18.5 Å². The van der Waals surface area contributed by atoms with Crippen molar-refractivity contribution in [1.29, 1.82) is 0 Å². The lowest BCUT2D eigenvalue weighted by atomic mass is 10.0. The number of nitrogens with one attached hydrogen (secondary N) is 1. The number of rotatable bonds is 1. The van der Waals surface area contributed by atoms with E-state index in [1.807, 2.05) is 0 Å². The molecule has 1 fully saturated rings. The van der Waals surface area contributed by atoms with Crippen LogP contribution >= 0.6 is 0 Å². The van der Waals surface area contributed by atoms with Gasteiger partial charge in [-0.1, -0.05) is 6.07 Å². The maximum absolute atomic E-state index is 13.0. The Labute approximate surface area is 91.4 Å². The molecule has 2 rings (SSSR count). The van der Waals surface area contributed by atoms with Crippen molar-refractivity contribution < 1.29 is 18.3 Å². The number of hydrogen-bond acceptors (Lipinski definition) is 2. The van der Waals surface area contributed by atoms with Gasteiger partial charge in [-0.2, -0.15) is 0 Å². The van der Waals surface area contributed by atoms with Crippen molar-refractivity contribution in [3.63, 3.8) is 0 Å². The summed E-state index contributed by atoms with van der Waals surface area (Å²) in [6, 6.07) is 3.12. The van der Waals surface area contributed by atoms with Gasteiger partial charge in [0.2, 0.25) is 5.91 Å². The molecule has 0 saturated carbocycles. The van der Waals surface area contributed by atoms with Gasteiger partial charge in [-0.05, 0) is 24.6 Å². The zero-order valence-electron chi connectivity index (χ0n) is 8.67. The first-order valence-corrected chi connectivity index (χ1v) is 4.94. The van der Waals surface area contributed by atoms with Gasteiger partial charge in [-0.15, -0.1) is 0 Å². The van der Waals surface area contributed by atoms with Crippen molar-refractivity contribution in [2.75, 3.05) is 6.61 Å². The lowest BCUT2D eigenvalue weighted by molar-refractivity contribution is -0.136. The van der Waals surface area contributed by atoms with Crippen molar-refractivity contribution in [1.82, 2.24) is 5.32 Å². The highest BCUT2D eigenvalue weighted by Crippen LogP contribution is 2.23. The average Bonchev–Trinajstić information content (AvgIpc) is 2.26. The minimum Gasteiger partial charge on any atom is -0.366 e. The van der Waals surface area contributed by atoms with Gasteiger partial charge in [0.05, 0.1) is 12.1 Å². The van der Waals surface area contributed by atoms with Crippen LogP contribution in [0.2, 0.25) is 0 Å². The minimum absolute atomic E-state index is 0.00133. The lowest BCUT2D eigenvalue weighted by Gasteiger charge is -2.30. The average molecular weight is 227 g/mol. The van der Waals surface area contributed by atoms with Crippen LogP contribution in [0.15, 0.2) is 18.2 Å². The first-order chi connectivity index (χ1) is 7.58. The Morgan fingerprint density at radius 3 is 2.81 bits per heavy atom. The fraction of sp³-hybridized carbons (Fsp3) is 0.364. The van der Waals surface area contributed by atoms with E-state index >= 15 is 0 Å². The van der Waals surface area contributed by atoms with Gasteiger partial charge >= 0.3 is 0 Å². The second-order valence-electron chi connectivity index (χ2n) is 3.73. The molecule has 1 aliphatic rings. The molecule has 5 heteroatoms. The summed E-state index contributed by atoms with van der Waals surface area (Å²) in [7, 11) is 0. The van der Waals surface area contributed by atoms with E-state index in [1.165, 1.54) is 6.07 Å². The second kappa shape index (κ2) is 4.17. The molecule has 0 radical (unpaired) electrons. The molecule has 0 aliphatic carbocycles. The molecular weight excluding hydrogens is 216 g/mol. The predicted molar refractivity (Wildman–Crippen MR) is 52.7 cm³/mol. The standard InChI is InChI=1S/C11H11F2NO2/c1-6-11(14-10(15)5-16-6)7-2-3-8(12)9(13)4-7/h2-4,6,11H,5H2,1H3,(H,14,15). The van der Waals surface area contributed by atoms with Crippen LogP contribution in [-0.4, -0.2) is 18.6 Å². The van der Waals surface area contributed by atoms with Crippen molar-refractivity contribution in [2.24, 2.45) is 0 Å². The molecule has 1 heterocycles. The van der Waals surface area contributed by atoms with Crippen LogP contribution in [0.3, 0.4) is 0 Å². The SMILES string of the molecule is CC1OCC(=O)NC1c1ccc(F)c(F)c1. The third kappa shape index (κ3) is 2.04. The number of benzene rings is 1. The van der Waals surface area contributed by atoms with E-state index in [2.05, 4.69) is 5.32 Å². The van der Waals surface area contributed by atoms with Gasteiger partial charge < -0.3 is 10.1 Å². The van der Waals surface area contributed by atoms with Gasteiger partial charge in [-0.3, -0.25) is 4.79 Å². The largest absolute Gasteiger partial charge is 0.366 e. The van der Waals surface area contributed by atoms with E-state index in [4.69, 9.17) is 4.74 Å². The van der Waals surface area contributed by atoms with Crippen molar-refractivity contribution in [3.05, 3.63) is 35.4 Å². The second-order valence-corrected chi connectivity index (χ2v) is 3.73. The van der Waals surface area contributed by atoms with Crippen LogP contribution in [0.25, 0.3) is 0 Å². The Kier molecular flexibility index (Phi) is 2.87. The van der Waals surface area contributed by atoms with Crippen molar-refractivity contribution in [2.45, 2.75) is 19.1 Å². The number of carbonyl (C=O) groups excluding carboxylic acids is 1. The number of amides is 1. The summed E-state index contributed by atoms with van der Waals surface area (Å²) in [5, 5.41) is 2.68. The van der Waals surface area contributed by atoms with Gasteiger partial charge in [0.1, 0.15) is 6.61 Å². The quantitative estimate of drug-likeness (QED) is 0.790. The van der Waals surface area contributed by atoms with E-state index in [0.717, 1.165) is 12.1 Å². The Bertz CT molecular complexity index is 422. The number of ether oxygens (including phenoxy) is 1. The van der Waals surface area contributed by atoms with Crippen LogP contribution in [-0.2, 0) is 9.53 Å². The third-order valence-corrected chi connectivity index (χ3v) is 2.57. The predicted octanol–water partition coefficient (Wildman–Crippen LogP) is 1.54. The molecular formula is C11H11F2NO2. The minimum atomic E-state index is -0.926. The Balaban J connectivity index is 2.28. The molecule has 1 aromatic rings. The summed E-state index contributed by atoms with van der Waals surface area (Å²) in [6.45, 7) is 1.77. The van der Waals surface area contributed by atoms with E-state index < -0.39 is 17.7 Å². The zero-order valence-corrected chi connectivity index (χ0v) is 8.67. The molecule has 0 spiro atoms. The number of halogens is 2. The lowest BCUT2D eigenvalue weighted by Crippen LogP contribution is -2.44. The highest BCUT2D eigenvalue weighted by Gasteiger charge is 2.27. The number of carbonyl (C=O) groups is 1. The van der Waals surface area contributed by atoms with Crippen LogP contribution in [0.5, 0.6) is 0 Å². The third-order valence-electron chi connectivity index (χ3n) is 2.57. The van der Waals surface area contributed by atoms with Gasteiger partial charge in [-0.25, -0.2) is 8.78 Å². The normalized spacial score (nSPS) is 25.3. The molecule has 1 aromatic carbocycles. The van der Waals surface area contributed by atoms with Gasteiger partial charge in [0.15, 0.2) is 11.6 Å². The van der Waals surface area contributed by atoms with Gasteiger partial charge in [0.25, 0.3) is 0 Å². The molecule has 86 valence electrons. The van der Waals surface area contributed by atoms with E-state index in [9.17, 15) is 13.6 Å². The Morgan fingerprint density at radius 2 is 2.12 bits per heavy atom. The molecule has 1 N–H and O–H groups in total. The van der Waals surface area contributed by atoms with E-state index in [-0.39, 0.29) is 18.6 Å². The van der Waals surface area contributed by atoms with Crippen molar-refractivity contribution >= 4 is 5.91 Å². The van der Waals surface area contributed by atoms with Gasteiger partial charge in [0, 0.05) is 0 Å². The summed E-state index contributed by atoms with van der Waals surface area (Å²) in [6.07, 6.45) is -0.262. The fourth-order valence-corrected chi connectivity index (χ4v) is 1.70. The highest BCUT2D eigenvalue weighted by molar-refractivity contribution is 5.78. The van der Waals surface area contributed by atoms with Crippen LogP contribution < -0.4 is 5.32 Å². The van der Waals surface area contributed by atoms with Crippen LogP contribution in [0, 0.1) is 11.6 Å². The molecule has 1 aliphatic heterocycles. The summed E-state index contributed by atoms with van der Waals surface area (Å²) < 4.78 is 31.0. The molecule has 0 bridgehead atoms. The highest BCUT2D eigenvalue weighted by atomic mass is 19.2. The maximum Gasteiger partial charge on any atom is 0.246 e. The topological polar surface area (TPSA) is 38.3 Å². The summed E-state index contributed by atoms with van der Waals surface area (Å²) in [4.78, 5) is 11.1. The first kappa shape index (κ1) is 11.0. The molecule has 1 saturated heterocycles. The molecule has 16 heavy (non-hydrogen) atoms. The molecule has 2 unspecified atom stereocenters. The molecule has 0 aromatic heterocycles. The number of hydrogen-bond donors (Lipinski definition) is 1. The molecule has 1 amide bonds. The Morgan fingerprint density at radius 1 is 1.38 bits per heavy atom. The molecule has 2 atom stereocenters. The summed E-state index contributed by atoms with van der Waals surface area (Å²) >= 11 is 0. The Hall–Kier alpha value is -1.49. The monoisotopic (exact) mass is 227 g/mol. The zero-order chi connectivity index (χ0) is 11.7. The smallest absolute Gasteiger partial charge is 0.246 e. The fourth-order valence-electron chi connectivity index (χ4n) is 1.70.